The zero-order valence-electron chi connectivity index (χ0n) is 18.8. The summed E-state index contributed by atoms with van der Waals surface area (Å²) in [6, 6.07) is 14.1. The second kappa shape index (κ2) is 15.4. The fraction of sp³-hybridized carbons (Fsp3) is 0.423. The van der Waals surface area contributed by atoms with E-state index in [0.29, 0.717) is 23.3 Å². The number of halogens is 1. The monoisotopic (exact) mass is 500 g/mol. The molecule has 0 atom stereocenters. The molecular weight excluding hydrogens is 468 g/mol. The second-order valence-electron chi connectivity index (χ2n) is 7.81. The molecule has 0 aromatic heterocycles. The van der Waals surface area contributed by atoms with Crippen molar-refractivity contribution in [2.75, 3.05) is 0 Å². The normalized spacial score (nSPS) is 10.9. The van der Waals surface area contributed by atoms with E-state index in [2.05, 4.69) is 33.4 Å². The van der Waals surface area contributed by atoms with Crippen LogP contribution in [0.25, 0.3) is 0 Å². The Bertz CT molecular complexity index is 869. The Morgan fingerprint density at radius 1 is 0.938 bits per heavy atom. The first kappa shape index (κ1) is 25.8. The van der Waals surface area contributed by atoms with E-state index in [-0.39, 0.29) is 5.91 Å². The molecule has 5 nitrogen and oxygen atoms in total. The Hall–Kier alpha value is -2.47. The van der Waals surface area contributed by atoms with Crippen LogP contribution in [0.3, 0.4) is 0 Å². The number of amides is 1. The molecule has 0 saturated heterocycles. The quantitative estimate of drug-likeness (QED) is 0.0993. The number of carbonyl (C=O) groups excluding carboxylic acids is 2. The van der Waals surface area contributed by atoms with Crippen LogP contribution >= 0.6 is 15.9 Å². The minimum atomic E-state index is -0.447. The van der Waals surface area contributed by atoms with Crippen molar-refractivity contribution in [3.63, 3.8) is 0 Å². The van der Waals surface area contributed by atoms with Crippen molar-refractivity contribution < 1.29 is 14.3 Å². The zero-order valence-corrected chi connectivity index (χ0v) is 20.4. The van der Waals surface area contributed by atoms with Gasteiger partial charge in [-0.2, -0.15) is 5.10 Å². The van der Waals surface area contributed by atoms with Crippen LogP contribution in [0.2, 0.25) is 0 Å². The lowest BCUT2D eigenvalue weighted by atomic mass is 10.1. The Kier molecular flexibility index (Phi) is 12.4. The number of rotatable bonds is 14. The molecule has 0 unspecified atom stereocenters. The van der Waals surface area contributed by atoms with Gasteiger partial charge in [0.1, 0.15) is 5.75 Å². The van der Waals surface area contributed by atoms with Crippen molar-refractivity contribution in [2.24, 2.45) is 5.10 Å². The van der Waals surface area contributed by atoms with E-state index >= 15 is 0 Å². The summed E-state index contributed by atoms with van der Waals surface area (Å²) in [5, 5.41) is 4.04. The third-order valence-corrected chi connectivity index (χ3v) is 5.58. The molecule has 2 rings (SSSR count). The molecule has 0 radical (unpaired) electrons. The van der Waals surface area contributed by atoms with Crippen molar-refractivity contribution in [1.82, 2.24) is 5.43 Å². The zero-order chi connectivity index (χ0) is 23.0. The third-order valence-electron chi connectivity index (χ3n) is 5.08. The van der Waals surface area contributed by atoms with E-state index in [1.54, 1.807) is 42.5 Å². The lowest BCUT2D eigenvalue weighted by Gasteiger charge is -2.08. The van der Waals surface area contributed by atoms with Gasteiger partial charge in [0.05, 0.1) is 11.8 Å². The summed E-state index contributed by atoms with van der Waals surface area (Å²) in [6.45, 7) is 2.23. The van der Waals surface area contributed by atoms with Crippen LogP contribution in [0.1, 0.15) is 87.1 Å². The van der Waals surface area contributed by atoms with E-state index in [1.165, 1.54) is 51.2 Å². The molecule has 0 heterocycles. The highest BCUT2D eigenvalue weighted by atomic mass is 79.9. The van der Waals surface area contributed by atoms with Crippen LogP contribution in [-0.4, -0.2) is 18.1 Å². The number of nitrogens with one attached hydrogen (secondary N) is 1. The summed E-state index contributed by atoms with van der Waals surface area (Å²) < 4.78 is 6.33. The Balaban J connectivity index is 1.75. The van der Waals surface area contributed by atoms with Crippen molar-refractivity contribution in [2.45, 2.75) is 71.1 Å². The first-order valence-electron chi connectivity index (χ1n) is 11.5. The number of nitrogens with zero attached hydrogens (tertiary/aromatic N) is 1. The topological polar surface area (TPSA) is 67.8 Å². The number of ether oxygens (including phenoxy) is 1. The maximum absolute atomic E-state index is 12.3. The summed E-state index contributed by atoms with van der Waals surface area (Å²) in [5.41, 5.74) is 3.62. The maximum atomic E-state index is 12.3. The van der Waals surface area contributed by atoms with Crippen LogP contribution in [0.5, 0.6) is 5.75 Å². The average Bonchev–Trinajstić information content (AvgIpc) is 2.80. The highest BCUT2D eigenvalue weighted by Crippen LogP contribution is 2.23. The van der Waals surface area contributed by atoms with Gasteiger partial charge in [-0.25, -0.2) is 10.2 Å². The van der Waals surface area contributed by atoms with Gasteiger partial charge < -0.3 is 4.74 Å². The summed E-state index contributed by atoms with van der Waals surface area (Å²) in [4.78, 5) is 24.4. The SMILES string of the molecule is CCCCCCCCCCCC(=O)NN=Cc1cc(Br)ccc1OC(=O)c1ccccc1. The van der Waals surface area contributed by atoms with Gasteiger partial charge >= 0.3 is 5.97 Å². The minimum absolute atomic E-state index is 0.109. The maximum Gasteiger partial charge on any atom is 0.343 e. The number of hydrazone groups is 1. The molecule has 0 aliphatic carbocycles. The first-order chi connectivity index (χ1) is 15.6. The second-order valence-corrected chi connectivity index (χ2v) is 8.72. The van der Waals surface area contributed by atoms with E-state index in [4.69, 9.17) is 4.74 Å². The molecule has 0 fully saturated rings. The molecule has 1 amide bonds. The van der Waals surface area contributed by atoms with Gasteiger partial charge in [0.15, 0.2) is 0 Å². The van der Waals surface area contributed by atoms with Crippen molar-refractivity contribution >= 4 is 34.0 Å². The van der Waals surface area contributed by atoms with Crippen LogP contribution in [0, 0.1) is 0 Å². The fourth-order valence-corrected chi connectivity index (χ4v) is 3.65. The molecular formula is C26H33BrN2O3. The summed E-state index contributed by atoms with van der Waals surface area (Å²) >= 11 is 3.41. The highest BCUT2D eigenvalue weighted by Gasteiger charge is 2.11. The molecule has 1 N–H and O–H groups in total. The summed E-state index contributed by atoms with van der Waals surface area (Å²) in [6.07, 6.45) is 12.9. The van der Waals surface area contributed by atoms with Gasteiger partial charge in [0.25, 0.3) is 0 Å². The number of esters is 1. The van der Waals surface area contributed by atoms with Crippen LogP contribution < -0.4 is 10.2 Å². The highest BCUT2D eigenvalue weighted by molar-refractivity contribution is 9.10. The molecule has 172 valence electrons. The van der Waals surface area contributed by atoms with E-state index in [9.17, 15) is 9.59 Å². The Morgan fingerprint density at radius 3 is 2.28 bits per heavy atom. The fourth-order valence-electron chi connectivity index (χ4n) is 3.27. The van der Waals surface area contributed by atoms with Gasteiger partial charge in [0, 0.05) is 16.5 Å². The molecule has 0 saturated carbocycles. The molecule has 6 heteroatoms. The van der Waals surface area contributed by atoms with E-state index in [1.807, 2.05) is 6.07 Å². The largest absolute Gasteiger partial charge is 0.422 e. The van der Waals surface area contributed by atoms with Gasteiger partial charge in [0.2, 0.25) is 5.91 Å². The van der Waals surface area contributed by atoms with Gasteiger partial charge in [-0.3, -0.25) is 4.79 Å². The molecule has 0 bridgehead atoms. The number of unbranched alkanes of at least 4 members (excludes halogenated alkanes) is 8. The van der Waals surface area contributed by atoms with Crippen LogP contribution in [0.4, 0.5) is 0 Å². The smallest absolute Gasteiger partial charge is 0.343 e. The first-order valence-corrected chi connectivity index (χ1v) is 12.3. The lowest BCUT2D eigenvalue weighted by Crippen LogP contribution is -2.17. The number of carbonyl (C=O) groups is 2. The molecule has 2 aromatic carbocycles. The van der Waals surface area contributed by atoms with E-state index in [0.717, 1.165) is 17.3 Å². The van der Waals surface area contributed by atoms with Gasteiger partial charge in [-0.15, -0.1) is 0 Å². The molecule has 0 aliphatic heterocycles. The standard InChI is InChI=1S/C26H33BrN2O3/c1-2-3-4-5-6-7-8-9-13-16-25(30)29-28-20-22-19-23(27)17-18-24(22)32-26(31)21-14-11-10-12-15-21/h10-12,14-15,17-20H,2-9,13,16H2,1H3,(H,29,30). The van der Waals surface area contributed by atoms with Crippen LogP contribution in [0.15, 0.2) is 58.1 Å². The average molecular weight is 501 g/mol. The van der Waals surface area contributed by atoms with E-state index < -0.39 is 5.97 Å². The Morgan fingerprint density at radius 2 is 1.59 bits per heavy atom. The molecule has 0 spiro atoms. The van der Waals surface area contributed by atoms with Crippen LogP contribution in [-0.2, 0) is 4.79 Å². The molecule has 2 aromatic rings. The predicted octanol–water partition coefficient (Wildman–Crippen LogP) is 7.04. The predicted molar refractivity (Wildman–Crippen MR) is 133 cm³/mol. The summed E-state index contributed by atoms with van der Waals surface area (Å²) in [5.74, 6) is -0.182. The third kappa shape index (κ3) is 10.2. The number of benzene rings is 2. The van der Waals surface area contributed by atoms with Crippen molar-refractivity contribution in [1.29, 1.82) is 0 Å². The Labute approximate surface area is 199 Å². The van der Waals surface area contributed by atoms with Gasteiger partial charge in [-0.1, -0.05) is 92.4 Å². The number of hydrogen-bond acceptors (Lipinski definition) is 4. The molecule has 32 heavy (non-hydrogen) atoms. The summed E-state index contributed by atoms with van der Waals surface area (Å²) in [7, 11) is 0. The van der Waals surface area contributed by atoms with Gasteiger partial charge in [-0.05, 0) is 36.8 Å². The number of hydrogen-bond donors (Lipinski definition) is 1. The lowest BCUT2D eigenvalue weighted by molar-refractivity contribution is -0.121. The van der Waals surface area contributed by atoms with Crippen molar-refractivity contribution in [3.05, 3.63) is 64.1 Å². The molecule has 0 aliphatic rings. The van der Waals surface area contributed by atoms with Crippen molar-refractivity contribution in [3.8, 4) is 5.75 Å². The minimum Gasteiger partial charge on any atom is -0.422 e.